The van der Waals surface area contributed by atoms with E-state index in [1.165, 1.54) is 19.1 Å². The zero-order valence-corrected chi connectivity index (χ0v) is 12.8. The quantitative estimate of drug-likeness (QED) is 0.410. The number of benzene rings is 1. The lowest BCUT2D eigenvalue weighted by molar-refractivity contribution is -0.277. The molecule has 0 aliphatic carbocycles. The van der Waals surface area contributed by atoms with Gasteiger partial charge in [-0.25, -0.2) is 0 Å². The standard InChI is InChI=1S/C15H22O8/c1-6-8(18)3-4-9(11(6)7(2)17)22-15-14(21)13(20)12(19)10(5-16)23-15/h3-4,7,10,12-21H,5H2,1-2H3/t7-,10+,12+,13-,14+,15+/m0/s1. The van der Waals surface area contributed by atoms with E-state index in [2.05, 4.69) is 0 Å². The summed E-state index contributed by atoms with van der Waals surface area (Å²) in [5.74, 6) is 0.127. The molecule has 1 aliphatic rings. The highest BCUT2D eigenvalue weighted by atomic mass is 16.7. The Kier molecular flexibility index (Phi) is 5.45. The van der Waals surface area contributed by atoms with E-state index in [1.54, 1.807) is 6.92 Å². The van der Waals surface area contributed by atoms with Gasteiger partial charge in [0.05, 0.1) is 12.7 Å². The maximum atomic E-state index is 9.98. The topological polar surface area (TPSA) is 140 Å². The molecule has 8 nitrogen and oxygen atoms in total. The Labute approximate surface area is 133 Å². The van der Waals surface area contributed by atoms with Crippen LogP contribution in [0, 0.1) is 6.92 Å². The van der Waals surface area contributed by atoms with Crippen molar-refractivity contribution < 1.29 is 40.1 Å². The average Bonchev–Trinajstić information content (AvgIpc) is 2.51. The van der Waals surface area contributed by atoms with Crippen molar-refractivity contribution in [3.63, 3.8) is 0 Å². The summed E-state index contributed by atoms with van der Waals surface area (Å²) < 4.78 is 10.8. The highest BCUT2D eigenvalue weighted by molar-refractivity contribution is 5.48. The molecule has 0 bridgehead atoms. The number of phenols is 1. The molecule has 0 radical (unpaired) electrons. The summed E-state index contributed by atoms with van der Waals surface area (Å²) in [6.07, 6.45) is -7.99. The molecule has 8 heteroatoms. The molecule has 6 atom stereocenters. The van der Waals surface area contributed by atoms with Crippen molar-refractivity contribution in [2.45, 2.75) is 50.7 Å². The van der Waals surface area contributed by atoms with Gasteiger partial charge in [0.25, 0.3) is 0 Å². The minimum absolute atomic E-state index is 0.0259. The van der Waals surface area contributed by atoms with E-state index in [0.717, 1.165) is 0 Å². The van der Waals surface area contributed by atoms with Gasteiger partial charge in [0.2, 0.25) is 6.29 Å². The average molecular weight is 330 g/mol. The fourth-order valence-electron chi connectivity index (χ4n) is 2.60. The number of aliphatic hydroxyl groups excluding tert-OH is 5. The lowest BCUT2D eigenvalue weighted by Crippen LogP contribution is -2.60. The first-order chi connectivity index (χ1) is 10.8. The second-order valence-corrected chi connectivity index (χ2v) is 5.61. The van der Waals surface area contributed by atoms with E-state index in [-0.39, 0.29) is 11.5 Å². The molecule has 6 N–H and O–H groups in total. The molecular weight excluding hydrogens is 308 g/mol. The van der Waals surface area contributed by atoms with E-state index in [0.29, 0.717) is 11.1 Å². The number of ether oxygens (including phenoxy) is 2. The first kappa shape index (κ1) is 17.9. The summed E-state index contributed by atoms with van der Waals surface area (Å²) in [6.45, 7) is 2.52. The first-order valence-corrected chi connectivity index (χ1v) is 7.25. The van der Waals surface area contributed by atoms with Gasteiger partial charge in [-0.15, -0.1) is 0 Å². The summed E-state index contributed by atoms with van der Waals surface area (Å²) in [4.78, 5) is 0. The highest BCUT2D eigenvalue weighted by Crippen LogP contribution is 2.35. The predicted molar refractivity (Wildman–Crippen MR) is 77.9 cm³/mol. The number of hydrogen-bond acceptors (Lipinski definition) is 8. The number of aliphatic hydroxyl groups is 5. The molecule has 0 aromatic heterocycles. The van der Waals surface area contributed by atoms with Crippen LogP contribution in [-0.2, 0) is 4.74 Å². The van der Waals surface area contributed by atoms with Gasteiger partial charge in [0.15, 0.2) is 0 Å². The zero-order chi connectivity index (χ0) is 17.3. The van der Waals surface area contributed by atoms with Crippen LogP contribution in [0.5, 0.6) is 11.5 Å². The molecule has 1 saturated heterocycles. The minimum Gasteiger partial charge on any atom is -0.508 e. The van der Waals surface area contributed by atoms with E-state index in [4.69, 9.17) is 14.6 Å². The molecule has 1 aromatic carbocycles. The lowest BCUT2D eigenvalue weighted by Gasteiger charge is -2.39. The van der Waals surface area contributed by atoms with Crippen molar-refractivity contribution in [2.24, 2.45) is 0 Å². The van der Waals surface area contributed by atoms with Gasteiger partial charge in [-0.2, -0.15) is 0 Å². The first-order valence-electron chi connectivity index (χ1n) is 7.25. The van der Waals surface area contributed by atoms with E-state index in [1.807, 2.05) is 0 Å². The summed E-state index contributed by atoms with van der Waals surface area (Å²) in [6, 6.07) is 2.76. The summed E-state index contributed by atoms with van der Waals surface area (Å²) >= 11 is 0. The van der Waals surface area contributed by atoms with Crippen LogP contribution >= 0.6 is 0 Å². The van der Waals surface area contributed by atoms with Gasteiger partial charge in [-0.05, 0) is 26.0 Å². The number of aromatic hydroxyl groups is 1. The Bertz CT molecular complexity index is 545. The second kappa shape index (κ2) is 7.00. The second-order valence-electron chi connectivity index (χ2n) is 5.61. The van der Waals surface area contributed by atoms with Crippen LogP contribution in [0.25, 0.3) is 0 Å². The molecule has 0 amide bonds. The molecule has 130 valence electrons. The Balaban J connectivity index is 2.29. The van der Waals surface area contributed by atoms with Crippen LogP contribution in [0.15, 0.2) is 12.1 Å². The molecule has 0 unspecified atom stereocenters. The highest BCUT2D eigenvalue weighted by Gasteiger charge is 2.45. The van der Waals surface area contributed by atoms with Crippen molar-refractivity contribution in [1.29, 1.82) is 0 Å². The molecule has 2 rings (SSSR count). The molecular formula is C15H22O8. The monoisotopic (exact) mass is 330 g/mol. The van der Waals surface area contributed by atoms with E-state index < -0.39 is 43.4 Å². The Morgan fingerprint density at radius 2 is 1.83 bits per heavy atom. The van der Waals surface area contributed by atoms with Crippen molar-refractivity contribution in [3.05, 3.63) is 23.3 Å². The molecule has 1 fully saturated rings. The van der Waals surface area contributed by atoms with Crippen LogP contribution in [0.1, 0.15) is 24.2 Å². The van der Waals surface area contributed by atoms with Crippen LogP contribution in [0.3, 0.4) is 0 Å². The fourth-order valence-corrected chi connectivity index (χ4v) is 2.60. The van der Waals surface area contributed by atoms with E-state index >= 15 is 0 Å². The molecule has 1 aromatic rings. The summed E-state index contributed by atoms with van der Waals surface area (Å²) in [5, 5.41) is 58.3. The van der Waals surface area contributed by atoms with E-state index in [9.17, 15) is 25.5 Å². The lowest BCUT2D eigenvalue weighted by atomic mass is 9.99. The number of phenolic OH excluding ortho intramolecular Hbond substituents is 1. The molecule has 23 heavy (non-hydrogen) atoms. The smallest absolute Gasteiger partial charge is 0.229 e. The Morgan fingerprint density at radius 3 is 2.39 bits per heavy atom. The summed E-state index contributed by atoms with van der Waals surface area (Å²) in [5.41, 5.74) is 0.712. The Hall–Kier alpha value is -1.42. The predicted octanol–water partition coefficient (Wildman–Crippen LogP) is -1.07. The van der Waals surface area contributed by atoms with Gasteiger partial charge in [-0.1, -0.05) is 0 Å². The third-order valence-corrected chi connectivity index (χ3v) is 3.96. The van der Waals surface area contributed by atoms with Crippen LogP contribution in [-0.4, -0.2) is 68.0 Å². The molecule has 0 saturated carbocycles. The molecule has 1 aliphatic heterocycles. The van der Waals surface area contributed by atoms with Crippen LogP contribution in [0.2, 0.25) is 0 Å². The van der Waals surface area contributed by atoms with Crippen molar-refractivity contribution in [2.75, 3.05) is 6.61 Å². The fraction of sp³-hybridized carbons (Fsp3) is 0.600. The van der Waals surface area contributed by atoms with Crippen molar-refractivity contribution in [3.8, 4) is 11.5 Å². The minimum atomic E-state index is -1.56. The van der Waals surface area contributed by atoms with Gasteiger partial charge in [-0.3, -0.25) is 0 Å². The van der Waals surface area contributed by atoms with Gasteiger partial charge < -0.3 is 40.1 Å². The largest absolute Gasteiger partial charge is 0.508 e. The van der Waals surface area contributed by atoms with Gasteiger partial charge >= 0.3 is 0 Å². The summed E-state index contributed by atoms with van der Waals surface area (Å²) in [7, 11) is 0. The van der Waals surface area contributed by atoms with Crippen LogP contribution in [0.4, 0.5) is 0 Å². The Morgan fingerprint density at radius 1 is 1.17 bits per heavy atom. The SMILES string of the molecule is Cc1c(O)ccc(O[C@@H]2O[C@H](CO)[C@@H](O)[C@H](O)[C@H]2O)c1[C@H](C)O. The van der Waals surface area contributed by atoms with Crippen LogP contribution < -0.4 is 4.74 Å². The molecule has 1 heterocycles. The van der Waals surface area contributed by atoms with Crippen molar-refractivity contribution >= 4 is 0 Å². The third-order valence-electron chi connectivity index (χ3n) is 3.96. The van der Waals surface area contributed by atoms with Gasteiger partial charge in [0.1, 0.15) is 35.9 Å². The zero-order valence-electron chi connectivity index (χ0n) is 12.8. The number of hydrogen-bond donors (Lipinski definition) is 6. The molecule has 0 spiro atoms. The third kappa shape index (κ3) is 3.42. The number of rotatable bonds is 4. The van der Waals surface area contributed by atoms with Gasteiger partial charge in [0, 0.05) is 11.1 Å². The maximum Gasteiger partial charge on any atom is 0.229 e. The van der Waals surface area contributed by atoms with Crippen molar-refractivity contribution in [1.82, 2.24) is 0 Å². The maximum absolute atomic E-state index is 9.98. The normalized spacial score (nSPS) is 32.6.